The number of nitriles is 1. The van der Waals surface area contributed by atoms with Gasteiger partial charge in [0.25, 0.3) is 0 Å². The first kappa shape index (κ1) is 27.4. The van der Waals surface area contributed by atoms with Crippen LogP contribution in [0.2, 0.25) is 0 Å². The van der Waals surface area contributed by atoms with E-state index >= 15 is 0 Å². The van der Waals surface area contributed by atoms with Crippen LogP contribution >= 0.6 is 12.4 Å². The molecule has 0 heterocycles. The minimum absolute atomic E-state index is 0. The van der Waals surface area contributed by atoms with E-state index in [0.29, 0.717) is 39.8 Å². The molecule has 1 amide bonds. The van der Waals surface area contributed by atoms with Crippen molar-refractivity contribution in [3.63, 3.8) is 0 Å². The van der Waals surface area contributed by atoms with Crippen LogP contribution in [0.5, 0.6) is 23.0 Å². The molecule has 168 valence electrons. The van der Waals surface area contributed by atoms with Crippen molar-refractivity contribution in [1.82, 2.24) is 0 Å². The van der Waals surface area contributed by atoms with Gasteiger partial charge in [-0.2, -0.15) is 5.26 Å². The Labute approximate surface area is 187 Å². The second-order valence-corrected chi connectivity index (χ2v) is 5.76. The number of carbonyl (C=O) groups excluding carboxylic acids is 1. The van der Waals surface area contributed by atoms with Gasteiger partial charge >= 0.3 is 0 Å². The Bertz CT molecular complexity index is 932. The number of allylic oxidation sites excluding steroid dienone is 1. The maximum Gasteiger partial charge on any atom is 0.231 e. The van der Waals surface area contributed by atoms with Crippen LogP contribution in [0.25, 0.3) is 11.6 Å². The van der Waals surface area contributed by atoms with Crippen LogP contribution in [0.4, 0.5) is 5.69 Å². The summed E-state index contributed by atoms with van der Waals surface area (Å²) in [7, 11) is 6.14. The Morgan fingerprint density at radius 1 is 1.00 bits per heavy atom. The van der Waals surface area contributed by atoms with Crippen LogP contribution in [-0.2, 0) is 4.79 Å². The molecular weight excluding hydrogens is 424 g/mol. The number of primary amides is 1. The smallest absolute Gasteiger partial charge is 0.231 e. The van der Waals surface area contributed by atoms with Crippen molar-refractivity contribution < 1.29 is 23.7 Å². The van der Waals surface area contributed by atoms with Gasteiger partial charge in [-0.15, -0.1) is 12.4 Å². The number of benzene rings is 2. The molecule has 0 radical (unpaired) electrons. The van der Waals surface area contributed by atoms with Crippen LogP contribution in [0.3, 0.4) is 0 Å². The highest BCUT2D eigenvalue weighted by Crippen LogP contribution is 2.40. The van der Waals surface area contributed by atoms with E-state index in [2.05, 4.69) is 11.8 Å². The Morgan fingerprint density at radius 2 is 1.52 bits per heavy atom. The molecule has 0 aromatic heterocycles. The van der Waals surface area contributed by atoms with Gasteiger partial charge in [-0.3, -0.25) is 4.79 Å². The van der Waals surface area contributed by atoms with E-state index in [0.717, 1.165) is 5.56 Å². The lowest BCUT2D eigenvalue weighted by Gasteiger charge is -2.14. The number of halogens is 1. The highest BCUT2D eigenvalue weighted by molar-refractivity contribution is 5.91. The largest absolute Gasteiger partial charge is 0.495 e. The first-order valence-electron chi connectivity index (χ1n) is 8.69. The van der Waals surface area contributed by atoms with Gasteiger partial charge in [-0.25, -0.2) is 0 Å². The summed E-state index contributed by atoms with van der Waals surface area (Å²) in [6.45, 7) is -0.0556. The molecule has 2 rings (SSSR count). The fourth-order valence-electron chi connectivity index (χ4n) is 2.43. The fourth-order valence-corrected chi connectivity index (χ4v) is 2.43. The van der Waals surface area contributed by atoms with E-state index in [1.54, 1.807) is 37.5 Å². The molecule has 0 aliphatic heterocycles. The summed E-state index contributed by atoms with van der Waals surface area (Å²) in [5, 5.41) is 9.58. The number of anilines is 1. The lowest BCUT2D eigenvalue weighted by atomic mass is 10.0. The molecule has 9 nitrogen and oxygen atoms in total. The molecule has 10 heteroatoms. The van der Waals surface area contributed by atoms with Crippen LogP contribution in [0.1, 0.15) is 11.1 Å². The molecule has 2 aromatic rings. The zero-order valence-electron chi connectivity index (χ0n) is 17.8. The van der Waals surface area contributed by atoms with E-state index < -0.39 is 5.91 Å². The molecule has 0 bridgehead atoms. The first-order chi connectivity index (χ1) is 14.3. The van der Waals surface area contributed by atoms with Gasteiger partial charge < -0.3 is 36.1 Å². The lowest BCUT2D eigenvalue weighted by molar-refractivity contribution is -0.116. The Hall–Kier alpha value is -3.61. The van der Waals surface area contributed by atoms with E-state index in [1.165, 1.54) is 21.3 Å². The molecule has 0 spiro atoms. The Kier molecular flexibility index (Phi) is 12.0. The maximum atomic E-state index is 9.58. The van der Waals surface area contributed by atoms with Gasteiger partial charge in [0.1, 0.15) is 5.75 Å². The predicted molar refractivity (Wildman–Crippen MR) is 122 cm³/mol. The lowest BCUT2D eigenvalue weighted by Crippen LogP contribution is -2.21. The second kappa shape index (κ2) is 13.6. The minimum Gasteiger partial charge on any atom is -0.495 e. The van der Waals surface area contributed by atoms with Gasteiger partial charge in [0, 0.05) is 0 Å². The van der Waals surface area contributed by atoms with Gasteiger partial charge in [0.15, 0.2) is 11.5 Å². The summed E-state index contributed by atoms with van der Waals surface area (Å²) in [5.74, 6) is 1.55. The molecule has 0 unspecified atom stereocenters. The summed E-state index contributed by atoms with van der Waals surface area (Å²) < 4.78 is 21.1. The summed E-state index contributed by atoms with van der Waals surface area (Å²) in [6.07, 6.45) is 1.73. The maximum absolute atomic E-state index is 9.58. The first-order valence-corrected chi connectivity index (χ1v) is 8.69. The Balaban J connectivity index is 0.00000135. The van der Waals surface area contributed by atoms with Crippen molar-refractivity contribution >= 4 is 35.7 Å². The van der Waals surface area contributed by atoms with Crippen LogP contribution in [-0.4, -0.2) is 40.9 Å². The highest BCUT2D eigenvalue weighted by Gasteiger charge is 2.15. The van der Waals surface area contributed by atoms with Crippen molar-refractivity contribution in [2.75, 3.05) is 40.7 Å². The van der Waals surface area contributed by atoms with Gasteiger partial charge in [0.05, 0.1) is 52.3 Å². The third-order valence-electron chi connectivity index (χ3n) is 3.86. The quantitative estimate of drug-likeness (QED) is 0.329. The van der Waals surface area contributed by atoms with E-state index in [4.69, 9.17) is 30.4 Å². The molecule has 0 saturated carbocycles. The van der Waals surface area contributed by atoms with Gasteiger partial charge in [0.2, 0.25) is 11.7 Å². The molecule has 0 aliphatic rings. The Morgan fingerprint density at radius 3 is 1.87 bits per heavy atom. The van der Waals surface area contributed by atoms with Gasteiger partial charge in [-0.05, 0) is 41.5 Å². The summed E-state index contributed by atoms with van der Waals surface area (Å²) in [4.78, 5) is 9.47. The second-order valence-electron chi connectivity index (χ2n) is 5.76. The van der Waals surface area contributed by atoms with E-state index in [9.17, 15) is 10.1 Å². The SMILES string of the molecule is COc1ccc(C=C(C#N)c2cc(OC)c(OC)c(OC)c2)cc1N.Cl.NCC(N)=O. The molecule has 6 N–H and O–H groups in total. The van der Waals surface area contributed by atoms with Crippen LogP contribution in [0, 0.1) is 11.3 Å². The monoisotopic (exact) mass is 450 g/mol. The normalized spacial score (nSPS) is 9.87. The molecule has 2 aromatic carbocycles. The number of rotatable bonds is 7. The highest BCUT2D eigenvalue weighted by atomic mass is 35.5. The number of ether oxygens (including phenoxy) is 4. The summed E-state index contributed by atoms with van der Waals surface area (Å²) >= 11 is 0. The van der Waals surface area contributed by atoms with E-state index in [-0.39, 0.29) is 19.0 Å². The van der Waals surface area contributed by atoms with Crippen LogP contribution < -0.4 is 36.1 Å². The van der Waals surface area contributed by atoms with Crippen molar-refractivity contribution in [2.45, 2.75) is 0 Å². The number of nitrogens with two attached hydrogens (primary N) is 3. The minimum atomic E-state index is -0.468. The van der Waals surface area contributed by atoms with Crippen molar-refractivity contribution in [3.05, 3.63) is 41.5 Å². The molecule has 0 fully saturated rings. The molecule has 0 atom stereocenters. The number of hydrogen-bond donors (Lipinski definition) is 3. The van der Waals surface area contributed by atoms with Crippen molar-refractivity contribution in [2.24, 2.45) is 11.5 Å². The third-order valence-corrected chi connectivity index (χ3v) is 3.86. The number of carbonyl (C=O) groups is 1. The molecular formula is C21H27ClN4O5. The number of methoxy groups -OCH3 is 4. The van der Waals surface area contributed by atoms with Crippen molar-refractivity contribution in [1.29, 1.82) is 5.26 Å². The summed E-state index contributed by atoms with van der Waals surface area (Å²) in [6, 6.07) is 11.0. The number of nitrogens with zero attached hydrogens (tertiary/aromatic N) is 1. The number of nitrogen functional groups attached to an aromatic ring is 1. The topological polar surface area (TPSA) is 156 Å². The van der Waals surface area contributed by atoms with Gasteiger partial charge in [-0.1, -0.05) is 6.07 Å². The number of amides is 1. The standard InChI is InChI=1S/C19H20N2O4.C2H6N2O.ClH/c1-22-16-6-5-12(8-15(16)21)7-14(11-20)13-9-17(23-2)19(25-4)18(10-13)24-3;3-1-2(4)5;/h5-10H,21H2,1-4H3;1,3H2,(H2,4,5);1H. The summed E-state index contributed by atoms with van der Waals surface area (Å²) in [5.41, 5.74) is 17.5. The average Bonchev–Trinajstić information content (AvgIpc) is 2.76. The molecule has 31 heavy (non-hydrogen) atoms. The average molecular weight is 451 g/mol. The number of hydrogen-bond acceptors (Lipinski definition) is 8. The zero-order valence-corrected chi connectivity index (χ0v) is 18.6. The molecule has 0 saturated heterocycles. The zero-order chi connectivity index (χ0) is 22.7. The predicted octanol–water partition coefficient (Wildman–Crippen LogP) is 2.22. The molecule has 0 aliphatic carbocycles. The fraction of sp³-hybridized carbons (Fsp3) is 0.238. The third kappa shape index (κ3) is 7.62. The van der Waals surface area contributed by atoms with E-state index in [1.807, 2.05) is 6.07 Å². The van der Waals surface area contributed by atoms with Crippen molar-refractivity contribution in [3.8, 4) is 29.1 Å². The van der Waals surface area contributed by atoms with Crippen LogP contribution in [0.15, 0.2) is 30.3 Å².